The fourth-order valence-corrected chi connectivity index (χ4v) is 2.84. The van der Waals surface area contributed by atoms with Crippen LogP contribution in [0.4, 0.5) is 0 Å². The van der Waals surface area contributed by atoms with Crippen LogP contribution in [0, 0.1) is 0 Å². The van der Waals surface area contributed by atoms with E-state index in [4.69, 9.17) is 4.42 Å². The van der Waals surface area contributed by atoms with Crippen molar-refractivity contribution in [3.05, 3.63) is 60.1 Å². The fourth-order valence-electron chi connectivity index (χ4n) is 2.84. The molecule has 1 aliphatic heterocycles. The molecule has 120 valence electrons. The van der Waals surface area contributed by atoms with Crippen LogP contribution in [0.25, 0.3) is 0 Å². The second-order valence-corrected chi connectivity index (χ2v) is 5.73. The predicted octanol–water partition coefficient (Wildman–Crippen LogP) is 2.24. The van der Waals surface area contributed by atoms with Crippen molar-refractivity contribution in [1.82, 2.24) is 10.2 Å². The van der Waals surface area contributed by atoms with Gasteiger partial charge in [0.25, 0.3) is 5.91 Å². The van der Waals surface area contributed by atoms with Crippen molar-refractivity contribution in [3.8, 4) is 0 Å². The van der Waals surface area contributed by atoms with Gasteiger partial charge >= 0.3 is 0 Å². The zero-order valence-electron chi connectivity index (χ0n) is 12.9. The number of benzene rings is 1. The molecule has 1 aromatic heterocycles. The molecule has 3 rings (SSSR count). The average Bonchev–Trinajstić information content (AvgIpc) is 3.27. The number of likely N-dealkylation sites (tertiary alicyclic amines) is 1. The average molecular weight is 312 g/mol. The molecule has 1 atom stereocenters. The van der Waals surface area contributed by atoms with E-state index in [0.29, 0.717) is 6.42 Å². The molecule has 5 heteroatoms. The predicted molar refractivity (Wildman–Crippen MR) is 85.9 cm³/mol. The summed E-state index contributed by atoms with van der Waals surface area (Å²) in [5.74, 6) is -0.160. The number of hydrogen-bond acceptors (Lipinski definition) is 3. The second kappa shape index (κ2) is 7.13. The number of nitrogens with one attached hydrogen (secondary N) is 1. The lowest BCUT2D eigenvalue weighted by Gasteiger charge is -2.24. The molecule has 0 radical (unpaired) electrons. The Hall–Kier alpha value is -2.56. The molecule has 23 heavy (non-hydrogen) atoms. The third-order valence-electron chi connectivity index (χ3n) is 4.05. The van der Waals surface area contributed by atoms with E-state index >= 15 is 0 Å². The Bertz CT molecular complexity index is 646. The Labute approximate surface area is 135 Å². The van der Waals surface area contributed by atoms with E-state index < -0.39 is 6.04 Å². The van der Waals surface area contributed by atoms with E-state index in [-0.39, 0.29) is 17.6 Å². The summed E-state index contributed by atoms with van der Waals surface area (Å²) >= 11 is 0. The van der Waals surface area contributed by atoms with E-state index in [0.717, 1.165) is 31.5 Å². The number of carbonyl (C=O) groups is 2. The summed E-state index contributed by atoms with van der Waals surface area (Å²) in [6.07, 6.45) is 3.97. The van der Waals surface area contributed by atoms with Crippen LogP contribution in [0.5, 0.6) is 0 Å². The molecule has 0 saturated carbocycles. The summed E-state index contributed by atoms with van der Waals surface area (Å²) in [6.45, 7) is 1.53. The SMILES string of the molecule is O=C(NC(Cc1ccccc1)C(=O)N1CCCC1)c1ccco1. The van der Waals surface area contributed by atoms with Crippen LogP contribution >= 0.6 is 0 Å². The maximum Gasteiger partial charge on any atom is 0.287 e. The molecule has 0 aliphatic carbocycles. The van der Waals surface area contributed by atoms with Crippen molar-refractivity contribution in [2.75, 3.05) is 13.1 Å². The molecule has 2 heterocycles. The number of rotatable bonds is 5. The maximum absolute atomic E-state index is 12.7. The Morgan fingerprint density at radius 3 is 2.48 bits per heavy atom. The summed E-state index contributed by atoms with van der Waals surface area (Å²) in [7, 11) is 0. The van der Waals surface area contributed by atoms with E-state index in [1.54, 1.807) is 12.1 Å². The van der Waals surface area contributed by atoms with Crippen LogP contribution < -0.4 is 5.32 Å². The first-order chi connectivity index (χ1) is 11.2. The second-order valence-electron chi connectivity index (χ2n) is 5.73. The summed E-state index contributed by atoms with van der Waals surface area (Å²) < 4.78 is 5.11. The Balaban J connectivity index is 1.74. The quantitative estimate of drug-likeness (QED) is 0.921. The molecule has 0 spiro atoms. The number of hydrogen-bond donors (Lipinski definition) is 1. The van der Waals surface area contributed by atoms with Gasteiger partial charge in [-0.15, -0.1) is 0 Å². The first kappa shape index (κ1) is 15.3. The Morgan fingerprint density at radius 2 is 1.83 bits per heavy atom. The normalized spacial score (nSPS) is 15.4. The van der Waals surface area contributed by atoms with Crippen molar-refractivity contribution >= 4 is 11.8 Å². The van der Waals surface area contributed by atoms with Crippen molar-refractivity contribution in [1.29, 1.82) is 0 Å². The van der Waals surface area contributed by atoms with Crippen LogP contribution in [0.3, 0.4) is 0 Å². The largest absolute Gasteiger partial charge is 0.459 e. The Kier molecular flexibility index (Phi) is 4.76. The third kappa shape index (κ3) is 3.80. The zero-order valence-corrected chi connectivity index (χ0v) is 12.9. The van der Waals surface area contributed by atoms with Gasteiger partial charge in [0.05, 0.1) is 6.26 Å². The highest BCUT2D eigenvalue weighted by atomic mass is 16.3. The van der Waals surface area contributed by atoms with Crippen molar-refractivity contribution in [2.24, 2.45) is 0 Å². The first-order valence-corrected chi connectivity index (χ1v) is 7.91. The molecule has 5 nitrogen and oxygen atoms in total. The molecule has 2 amide bonds. The van der Waals surface area contributed by atoms with Crippen LogP contribution in [-0.2, 0) is 11.2 Å². The minimum absolute atomic E-state index is 0.0220. The van der Waals surface area contributed by atoms with Gasteiger partial charge in [0.1, 0.15) is 6.04 Å². The molecule has 1 saturated heterocycles. The number of furan rings is 1. The summed E-state index contributed by atoms with van der Waals surface area (Å²) in [6, 6.07) is 12.4. The van der Waals surface area contributed by atoms with Gasteiger partial charge in [-0.3, -0.25) is 9.59 Å². The lowest BCUT2D eigenvalue weighted by molar-refractivity contribution is -0.132. The highest BCUT2D eigenvalue weighted by Crippen LogP contribution is 2.13. The van der Waals surface area contributed by atoms with Crippen molar-refractivity contribution in [2.45, 2.75) is 25.3 Å². The highest BCUT2D eigenvalue weighted by Gasteiger charge is 2.28. The van der Waals surface area contributed by atoms with Gasteiger partial charge < -0.3 is 14.6 Å². The lowest BCUT2D eigenvalue weighted by atomic mass is 10.0. The van der Waals surface area contributed by atoms with Gasteiger partial charge in [0.15, 0.2) is 5.76 Å². The molecule has 1 fully saturated rings. The van der Waals surface area contributed by atoms with Gasteiger partial charge in [-0.1, -0.05) is 30.3 Å². The number of amides is 2. The Morgan fingerprint density at radius 1 is 1.09 bits per heavy atom. The molecular formula is C18H20N2O3. The zero-order chi connectivity index (χ0) is 16.1. The van der Waals surface area contributed by atoms with Crippen LogP contribution in [-0.4, -0.2) is 35.8 Å². The van der Waals surface area contributed by atoms with Gasteiger partial charge in [-0.25, -0.2) is 0 Å². The van der Waals surface area contributed by atoms with Crippen molar-refractivity contribution < 1.29 is 14.0 Å². The summed E-state index contributed by atoms with van der Waals surface area (Å²) in [4.78, 5) is 26.8. The topological polar surface area (TPSA) is 62.6 Å². The molecule has 2 aromatic rings. The van der Waals surface area contributed by atoms with Crippen LogP contribution in [0.1, 0.15) is 29.0 Å². The number of nitrogens with zero attached hydrogens (tertiary/aromatic N) is 1. The standard InChI is InChI=1S/C18H20N2O3/c21-17(16-9-6-12-23-16)19-15(13-14-7-2-1-3-8-14)18(22)20-10-4-5-11-20/h1-3,6-9,12,15H,4-5,10-11,13H2,(H,19,21). The maximum atomic E-state index is 12.7. The molecular weight excluding hydrogens is 292 g/mol. The number of carbonyl (C=O) groups excluding carboxylic acids is 2. The van der Waals surface area contributed by atoms with E-state index in [1.807, 2.05) is 35.2 Å². The van der Waals surface area contributed by atoms with Gasteiger partial charge in [-0.2, -0.15) is 0 Å². The minimum atomic E-state index is -0.576. The smallest absolute Gasteiger partial charge is 0.287 e. The minimum Gasteiger partial charge on any atom is -0.459 e. The van der Waals surface area contributed by atoms with E-state index in [9.17, 15) is 9.59 Å². The van der Waals surface area contributed by atoms with Gasteiger partial charge in [0.2, 0.25) is 5.91 Å². The van der Waals surface area contributed by atoms with Gasteiger partial charge in [0, 0.05) is 19.5 Å². The summed E-state index contributed by atoms with van der Waals surface area (Å²) in [5.41, 5.74) is 1.02. The third-order valence-corrected chi connectivity index (χ3v) is 4.05. The molecule has 1 aromatic carbocycles. The fraction of sp³-hybridized carbons (Fsp3) is 0.333. The van der Waals surface area contributed by atoms with E-state index in [1.165, 1.54) is 6.26 Å². The monoisotopic (exact) mass is 312 g/mol. The molecule has 0 bridgehead atoms. The van der Waals surface area contributed by atoms with Crippen LogP contribution in [0.15, 0.2) is 53.1 Å². The van der Waals surface area contributed by atoms with Crippen LogP contribution in [0.2, 0.25) is 0 Å². The van der Waals surface area contributed by atoms with Gasteiger partial charge in [-0.05, 0) is 30.5 Å². The molecule has 1 N–H and O–H groups in total. The van der Waals surface area contributed by atoms with E-state index in [2.05, 4.69) is 5.32 Å². The van der Waals surface area contributed by atoms with Crippen molar-refractivity contribution in [3.63, 3.8) is 0 Å². The highest BCUT2D eigenvalue weighted by molar-refractivity contribution is 5.95. The molecule has 1 unspecified atom stereocenters. The molecule has 1 aliphatic rings. The first-order valence-electron chi connectivity index (χ1n) is 7.91. The summed E-state index contributed by atoms with van der Waals surface area (Å²) in [5, 5.41) is 2.82. The lowest BCUT2D eigenvalue weighted by Crippen LogP contribution is -2.48.